The lowest BCUT2D eigenvalue weighted by molar-refractivity contribution is 0.0246. The summed E-state index contributed by atoms with van der Waals surface area (Å²) in [7, 11) is 0. The smallest absolute Gasteiger partial charge is 0.116 e. The molecule has 18 heavy (non-hydrogen) atoms. The van der Waals surface area contributed by atoms with Crippen molar-refractivity contribution in [2.75, 3.05) is 0 Å². The Morgan fingerprint density at radius 2 is 1.94 bits per heavy atom. The molecule has 0 saturated heterocycles. The largest absolute Gasteiger partial charge is 0.508 e. The summed E-state index contributed by atoms with van der Waals surface area (Å²) in [6.07, 6.45) is 5.37. The number of hydrogen-bond donors (Lipinski definition) is 2. The van der Waals surface area contributed by atoms with Crippen LogP contribution in [0.3, 0.4) is 0 Å². The molecule has 0 amide bonds. The van der Waals surface area contributed by atoms with Gasteiger partial charge in [-0.2, -0.15) is 0 Å². The van der Waals surface area contributed by atoms with Crippen molar-refractivity contribution in [3.8, 4) is 5.75 Å². The summed E-state index contributed by atoms with van der Waals surface area (Å²) < 4.78 is 0. The average Bonchev–Trinajstić information content (AvgIpc) is 2.38. The Hall–Kier alpha value is -1.28. The van der Waals surface area contributed by atoms with Gasteiger partial charge in [-0.25, -0.2) is 0 Å². The van der Waals surface area contributed by atoms with Crippen LogP contribution in [0.15, 0.2) is 30.3 Å². The molecule has 0 unspecified atom stereocenters. The molecule has 0 fully saturated rings. The van der Waals surface area contributed by atoms with E-state index in [-0.39, 0.29) is 0 Å². The first kappa shape index (κ1) is 14.8. The molecule has 0 spiro atoms. The van der Waals surface area contributed by atoms with Crippen LogP contribution in [0.2, 0.25) is 0 Å². The number of hydrogen-bond acceptors (Lipinski definition) is 2. The molecule has 0 saturated carbocycles. The van der Waals surface area contributed by atoms with Crippen molar-refractivity contribution in [3.63, 3.8) is 0 Å². The van der Waals surface area contributed by atoms with Gasteiger partial charge in [-0.3, -0.25) is 0 Å². The minimum Gasteiger partial charge on any atom is -0.508 e. The third kappa shape index (κ3) is 4.19. The van der Waals surface area contributed by atoms with Crippen LogP contribution in [0.4, 0.5) is 0 Å². The highest BCUT2D eigenvalue weighted by Crippen LogP contribution is 2.24. The van der Waals surface area contributed by atoms with Crippen molar-refractivity contribution in [3.05, 3.63) is 35.9 Å². The Kier molecular flexibility index (Phi) is 5.42. The van der Waals surface area contributed by atoms with Gasteiger partial charge in [-0.05, 0) is 55.9 Å². The maximum absolute atomic E-state index is 10.2. The van der Waals surface area contributed by atoms with E-state index < -0.39 is 5.60 Å². The van der Waals surface area contributed by atoms with Crippen LogP contribution in [0.5, 0.6) is 5.75 Å². The molecule has 0 bridgehead atoms. The standard InChI is InChI=1S/C16H24O2/c1-4-16(18,5-2)11-7-8-13(3)14-9-6-10-15(17)12-14/h6,8-10,12,17-18H,4-5,7,11H2,1-3H3/b13-8-. The fraction of sp³-hybridized carbons (Fsp3) is 0.500. The summed E-state index contributed by atoms with van der Waals surface area (Å²) in [5.74, 6) is 0.291. The SMILES string of the molecule is CCC(O)(CC)CC/C=C(/C)c1cccc(O)c1. The van der Waals surface area contributed by atoms with Gasteiger partial charge < -0.3 is 10.2 Å². The predicted octanol–water partition coefficient (Wildman–Crippen LogP) is 4.13. The second-order valence-electron chi connectivity index (χ2n) is 4.91. The Balaban J connectivity index is 2.63. The van der Waals surface area contributed by atoms with E-state index in [0.717, 1.165) is 36.8 Å². The van der Waals surface area contributed by atoms with Crippen molar-refractivity contribution in [1.82, 2.24) is 0 Å². The molecule has 0 aromatic heterocycles. The fourth-order valence-electron chi connectivity index (χ4n) is 2.03. The van der Waals surface area contributed by atoms with E-state index in [9.17, 15) is 10.2 Å². The molecule has 0 heterocycles. The predicted molar refractivity (Wildman–Crippen MR) is 76.5 cm³/mol. The van der Waals surface area contributed by atoms with Gasteiger partial charge in [0.2, 0.25) is 0 Å². The Morgan fingerprint density at radius 1 is 1.28 bits per heavy atom. The molecule has 100 valence electrons. The van der Waals surface area contributed by atoms with E-state index in [0.29, 0.717) is 5.75 Å². The Labute approximate surface area is 110 Å². The maximum atomic E-state index is 10.2. The van der Waals surface area contributed by atoms with Gasteiger partial charge in [0.1, 0.15) is 5.75 Å². The molecule has 0 aliphatic heterocycles. The van der Waals surface area contributed by atoms with Crippen molar-refractivity contribution < 1.29 is 10.2 Å². The Morgan fingerprint density at radius 3 is 2.50 bits per heavy atom. The van der Waals surface area contributed by atoms with Gasteiger partial charge in [0.15, 0.2) is 0 Å². The summed E-state index contributed by atoms with van der Waals surface area (Å²) in [4.78, 5) is 0. The van der Waals surface area contributed by atoms with Gasteiger partial charge in [0.25, 0.3) is 0 Å². The molecule has 1 aromatic carbocycles. The lowest BCUT2D eigenvalue weighted by Gasteiger charge is -2.24. The second-order valence-corrected chi connectivity index (χ2v) is 4.91. The molecule has 0 radical (unpaired) electrons. The van der Waals surface area contributed by atoms with Crippen molar-refractivity contribution in [1.29, 1.82) is 0 Å². The first-order chi connectivity index (χ1) is 8.50. The lowest BCUT2D eigenvalue weighted by Crippen LogP contribution is -2.25. The summed E-state index contributed by atoms with van der Waals surface area (Å²) in [5.41, 5.74) is 1.64. The normalized spacial score (nSPS) is 12.8. The number of benzene rings is 1. The number of phenolic OH excluding ortho intramolecular Hbond substituents is 1. The third-order valence-electron chi connectivity index (χ3n) is 3.68. The minimum absolute atomic E-state index is 0.291. The summed E-state index contributed by atoms with van der Waals surface area (Å²) in [5, 5.41) is 19.6. The first-order valence-corrected chi connectivity index (χ1v) is 6.69. The van der Waals surface area contributed by atoms with E-state index >= 15 is 0 Å². The van der Waals surface area contributed by atoms with Crippen LogP contribution in [0.25, 0.3) is 5.57 Å². The van der Waals surface area contributed by atoms with E-state index in [1.165, 1.54) is 0 Å². The monoisotopic (exact) mass is 248 g/mol. The van der Waals surface area contributed by atoms with E-state index in [2.05, 4.69) is 6.08 Å². The molecule has 2 nitrogen and oxygen atoms in total. The number of aliphatic hydroxyl groups is 1. The highest BCUT2D eigenvalue weighted by Gasteiger charge is 2.20. The van der Waals surface area contributed by atoms with Crippen LogP contribution < -0.4 is 0 Å². The van der Waals surface area contributed by atoms with E-state index in [4.69, 9.17) is 0 Å². The number of phenols is 1. The van der Waals surface area contributed by atoms with E-state index in [1.807, 2.05) is 32.9 Å². The number of aromatic hydroxyl groups is 1. The molecule has 1 rings (SSSR count). The van der Waals surface area contributed by atoms with Gasteiger partial charge in [-0.1, -0.05) is 32.1 Å². The summed E-state index contributed by atoms with van der Waals surface area (Å²) in [6.45, 7) is 6.08. The average molecular weight is 248 g/mol. The van der Waals surface area contributed by atoms with Gasteiger partial charge in [0, 0.05) is 0 Å². The summed E-state index contributed by atoms with van der Waals surface area (Å²) >= 11 is 0. The zero-order valence-corrected chi connectivity index (χ0v) is 11.6. The van der Waals surface area contributed by atoms with Crippen LogP contribution in [0.1, 0.15) is 52.0 Å². The molecule has 0 aliphatic carbocycles. The highest BCUT2D eigenvalue weighted by atomic mass is 16.3. The lowest BCUT2D eigenvalue weighted by atomic mass is 9.91. The number of allylic oxidation sites excluding steroid dienone is 2. The van der Waals surface area contributed by atoms with Crippen LogP contribution in [0, 0.1) is 0 Å². The van der Waals surface area contributed by atoms with Crippen LogP contribution in [-0.2, 0) is 0 Å². The molecule has 1 aromatic rings. The van der Waals surface area contributed by atoms with Crippen molar-refractivity contribution in [2.24, 2.45) is 0 Å². The van der Waals surface area contributed by atoms with Crippen LogP contribution >= 0.6 is 0 Å². The molecule has 0 atom stereocenters. The van der Waals surface area contributed by atoms with Crippen molar-refractivity contribution in [2.45, 2.75) is 52.1 Å². The van der Waals surface area contributed by atoms with Crippen LogP contribution in [-0.4, -0.2) is 15.8 Å². The molecule has 2 N–H and O–H groups in total. The highest BCUT2D eigenvalue weighted by molar-refractivity contribution is 5.64. The van der Waals surface area contributed by atoms with Crippen molar-refractivity contribution >= 4 is 5.57 Å². The molecule has 2 heteroatoms. The fourth-order valence-corrected chi connectivity index (χ4v) is 2.03. The minimum atomic E-state index is -0.532. The maximum Gasteiger partial charge on any atom is 0.116 e. The van der Waals surface area contributed by atoms with Gasteiger partial charge in [-0.15, -0.1) is 0 Å². The zero-order chi connectivity index (χ0) is 13.6. The zero-order valence-electron chi connectivity index (χ0n) is 11.6. The molecule has 0 aliphatic rings. The van der Waals surface area contributed by atoms with E-state index in [1.54, 1.807) is 12.1 Å². The quantitative estimate of drug-likeness (QED) is 0.794. The molecular weight excluding hydrogens is 224 g/mol. The molecular formula is C16H24O2. The second kappa shape index (κ2) is 6.60. The topological polar surface area (TPSA) is 40.5 Å². The third-order valence-corrected chi connectivity index (χ3v) is 3.68. The van der Waals surface area contributed by atoms with Gasteiger partial charge >= 0.3 is 0 Å². The number of rotatable bonds is 6. The van der Waals surface area contributed by atoms with Gasteiger partial charge in [0.05, 0.1) is 5.60 Å². The Bertz CT molecular complexity index is 403. The summed E-state index contributed by atoms with van der Waals surface area (Å²) in [6, 6.07) is 7.26. The first-order valence-electron chi connectivity index (χ1n) is 6.69.